The summed E-state index contributed by atoms with van der Waals surface area (Å²) in [6, 6.07) is 8.63. The van der Waals surface area contributed by atoms with Gasteiger partial charge < -0.3 is 5.32 Å². The van der Waals surface area contributed by atoms with E-state index >= 15 is 0 Å². The number of hydrogen-bond donors (Lipinski definition) is 1. The van der Waals surface area contributed by atoms with Gasteiger partial charge in [0.25, 0.3) is 0 Å². The zero-order valence-corrected chi connectivity index (χ0v) is 14.4. The highest BCUT2D eigenvalue weighted by Gasteiger charge is 2.13. The molecule has 0 spiro atoms. The number of nitrogens with one attached hydrogen (secondary N) is 1. The van der Waals surface area contributed by atoms with Crippen molar-refractivity contribution in [1.29, 1.82) is 0 Å². The molecule has 3 nitrogen and oxygen atoms in total. The van der Waals surface area contributed by atoms with Crippen LogP contribution in [0.15, 0.2) is 41.1 Å². The topological polar surface area (TPSA) is 29.9 Å². The summed E-state index contributed by atoms with van der Waals surface area (Å²) in [6.45, 7) is 7.31. The van der Waals surface area contributed by atoms with E-state index in [0.717, 1.165) is 30.5 Å². The summed E-state index contributed by atoms with van der Waals surface area (Å²) in [5, 5.41) is 7.93. The predicted molar refractivity (Wildman–Crippen MR) is 91.6 cm³/mol. The molecule has 21 heavy (non-hydrogen) atoms. The molecule has 4 heteroatoms. The first kappa shape index (κ1) is 16.2. The van der Waals surface area contributed by atoms with Gasteiger partial charge in [-0.1, -0.05) is 35.0 Å². The Morgan fingerprint density at radius 1 is 1.33 bits per heavy atom. The molecule has 2 rings (SSSR count). The molecule has 1 unspecified atom stereocenters. The molecule has 0 amide bonds. The third-order valence-electron chi connectivity index (χ3n) is 3.63. The maximum absolute atomic E-state index is 4.38. The maximum Gasteiger partial charge on any atom is 0.0521 e. The first-order valence-electron chi connectivity index (χ1n) is 7.70. The van der Waals surface area contributed by atoms with Crippen LogP contribution in [0.5, 0.6) is 0 Å². The van der Waals surface area contributed by atoms with Crippen LogP contribution in [-0.4, -0.2) is 22.9 Å². The van der Waals surface area contributed by atoms with Crippen LogP contribution in [0.1, 0.15) is 37.3 Å². The quantitative estimate of drug-likeness (QED) is 0.730. The van der Waals surface area contributed by atoms with Crippen molar-refractivity contribution < 1.29 is 0 Å². The van der Waals surface area contributed by atoms with Crippen LogP contribution in [0.4, 0.5) is 0 Å². The molecule has 1 atom stereocenters. The lowest BCUT2D eigenvalue weighted by Gasteiger charge is -2.18. The van der Waals surface area contributed by atoms with Gasteiger partial charge in [-0.25, -0.2) is 0 Å². The summed E-state index contributed by atoms with van der Waals surface area (Å²) < 4.78 is 3.14. The first-order valence-corrected chi connectivity index (χ1v) is 8.49. The lowest BCUT2D eigenvalue weighted by Crippen LogP contribution is -2.23. The second-order valence-electron chi connectivity index (χ2n) is 5.36. The molecular weight excluding hydrogens is 326 g/mol. The Morgan fingerprint density at radius 2 is 2.19 bits per heavy atom. The summed E-state index contributed by atoms with van der Waals surface area (Å²) in [4.78, 5) is 0. The van der Waals surface area contributed by atoms with E-state index in [1.165, 1.54) is 17.5 Å². The lowest BCUT2D eigenvalue weighted by molar-refractivity contribution is 0.576. The fourth-order valence-electron chi connectivity index (χ4n) is 2.49. The van der Waals surface area contributed by atoms with E-state index in [-0.39, 0.29) is 0 Å². The smallest absolute Gasteiger partial charge is 0.0521 e. The van der Waals surface area contributed by atoms with E-state index in [9.17, 15) is 0 Å². The molecule has 0 radical (unpaired) electrons. The third-order valence-corrected chi connectivity index (χ3v) is 4.12. The van der Waals surface area contributed by atoms with E-state index in [1.807, 2.05) is 10.9 Å². The monoisotopic (exact) mass is 349 g/mol. The SMILES string of the molecule is CCCNCC(Cc1cnn(CC)c1)c1cccc(Br)c1. The molecule has 1 heterocycles. The number of aromatic nitrogens is 2. The molecule has 114 valence electrons. The second kappa shape index (κ2) is 8.35. The van der Waals surface area contributed by atoms with Crippen molar-refractivity contribution in [2.45, 2.75) is 39.2 Å². The van der Waals surface area contributed by atoms with Gasteiger partial charge in [-0.2, -0.15) is 5.10 Å². The highest BCUT2D eigenvalue weighted by Crippen LogP contribution is 2.23. The summed E-state index contributed by atoms with van der Waals surface area (Å²) >= 11 is 3.58. The average molecular weight is 350 g/mol. The minimum absolute atomic E-state index is 0.476. The third kappa shape index (κ3) is 4.97. The Bertz CT molecular complexity index is 550. The molecule has 2 aromatic rings. The van der Waals surface area contributed by atoms with Gasteiger partial charge in [-0.05, 0) is 49.6 Å². The Morgan fingerprint density at radius 3 is 2.86 bits per heavy atom. The highest BCUT2D eigenvalue weighted by molar-refractivity contribution is 9.10. The predicted octanol–water partition coefficient (Wildman–Crippen LogP) is 3.99. The van der Waals surface area contributed by atoms with Crippen molar-refractivity contribution in [2.75, 3.05) is 13.1 Å². The molecule has 0 fully saturated rings. The summed E-state index contributed by atoms with van der Waals surface area (Å²) in [5.74, 6) is 0.476. The van der Waals surface area contributed by atoms with Crippen molar-refractivity contribution in [3.63, 3.8) is 0 Å². The zero-order chi connectivity index (χ0) is 15.1. The summed E-state index contributed by atoms with van der Waals surface area (Å²) in [6.07, 6.45) is 6.34. The van der Waals surface area contributed by atoms with Gasteiger partial charge in [0, 0.05) is 29.7 Å². The molecule has 1 aromatic heterocycles. The van der Waals surface area contributed by atoms with E-state index in [2.05, 4.69) is 70.7 Å². The molecule has 1 aromatic carbocycles. The van der Waals surface area contributed by atoms with Crippen LogP contribution < -0.4 is 5.32 Å². The lowest BCUT2D eigenvalue weighted by atomic mass is 9.93. The minimum atomic E-state index is 0.476. The number of aryl methyl sites for hydroxylation is 1. The van der Waals surface area contributed by atoms with Crippen molar-refractivity contribution in [1.82, 2.24) is 15.1 Å². The van der Waals surface area contributed by atoms with Gasteiger partial charge in [0.05, 0.1) is 6.20 Å². The molecular formula is C17H24BrN3. The van der Waals surface area contributed by atoms with Gasteiger partial charge in [-0.15, -0.1) is 0 Å². The molecule has 0 aliphatic rings. The number of rotatable bonds is 8. The fourth-order valence-corrected chi connectivity index (χ4v) is 2.91. The summed E-state index contributed by atoms with van der Waals surface area (Å²) in [5.41, 5.74) is 2.68. The van der Waals surface area contributed by atoms with Crippen molar-refractivity contribution in [3.05, 3.63) is 52.3 Å². The van der Waals surface area contributed by atoms with Crippen molar-refractivity contribution >= 4 is 15.9 Å². The average Bonchev–Trinajstić information content (AvgIpc) is 2.94. The summed E-state index contributed by atoms with van der Waals surface area (Å²) in [7, 11) is 0. The largest absolute Gasteiger partial charge is 0.316 e. The zero-order valence-electron chi connectivity index (χ0n) is 12.8. The minimum Gasteiger partial charge on any atom is -0.316 e. The molecule has 0 bridgehead atoms. The molecule has 0 saturated heterocycles. The maximum atomic E-state index is 4.38. The van der Waals surface area contributed by atoms with Gasteiger partial charge in [0.15, 0.2) is 0 Å². The van der Waals surface area contributed by atoms with E-state index in [1.54, 1.807) is 0 Å². The van der Waals surface area contributed by atoms with Crippen LogP contribution >= 0.6 is 15.9 Å². The van der Waals surface area contributed by atoms with E-state index in [0.29, 0.717) is 5.92 Å². The van der Waals surface area contributed by atoms with Crippen LogP contribution in [0.3, 0.4) is 0 Å². The van der Waals surface area contributed by atoms with Gasteiger partial charge in [-0.3, -0.25) is 4.68 Å². The van der Waals surface area contributed by atoms with Gasteiger partial charge in [0.1, 0.15) is 0 Å². The molecule has 0 saturated carbocycles. The Kier molecular flexibility index (Phi) is 6.46. The Labute approximate surface area is 135 Å². The normalized spacial score (nSPS) is 12.5. The second-order valence-corrected chi connectivity index (χ2v) is 6.28. The highest BCUT2D eigenvalue weighted by atomic mass is 79.9. The Hall–Kier alpha value is -1.13. The van der Waals surface area contributed by atoms with Gasteiger partial charge >= 0.3 is 0 Å². The van der Waals surface area contributed by atoms with E-state index in [4.69, 9.17) is 0 Å². The fraction of sp³-hybridized carbons (Fsp3) is 0.471. The van der Waals surface area contributed by atoms with Crippen LogP contribution in [-0.2, 0) is 13.0 Å². The van der Waals surface area contributed by atoms with Gasteiger partial charge in [0.2, 0.25) is 0 Å². The standard InChI is InChI=1S/C17H24BrN3/c1-3-8-19-12-16(15-6-5-7-17(18)10-15)9-14-11-20-21(4-2)13-14/h5-7,10-11,13,16,19H,3-4,8-9,12H2,1-2H3. The first-order chi connectivity index (χ1) is 10.2. The van der Waals surface area contributed by atoms with Crippen molar-refractivity contribution in [3.8, 4) is 0 Å². The van der Waals surface area contributed by atoms with Crippen molar-refractivity contribution in [2.24, 2.45) is 0 Å². The molecule has 0 aliphatic carbocycles. The van der Waals surface area contributed by atoms with Crippen LogP contribution in [0.2, 0.25) is 0 Å². The molecule has 1 N–H and O–H groups in total. The number of benzene rings is 1. The number of nitrogens with zero attached hydrogens (tertiary/aromatic N) is 2. The number of halogens is 1. The van der Waals surface area contributed by atoms with Crippen LogP contribution in [0.25, 0.3) is 0 Å². The number of hydrogen-bond acceptors (Lipinski definition) is 2. The Balaban J connectivity index is 2.11. The molecule has 0 aliphatic heterocycles. The van der Waals surface area contributed by atoms with Crippen LogP contribution in [0, 0.1) is 0 Å². The van der Waals surface area contributed by atoms with E-state index < -0.39 is 0 Å².